The van der Waals surface area contributed by atoms with Gasteiger partial charge in [-0.05, 0) is 84.0 Å². The summed E-state index contributed by atoms with van der Waals surface area (Å²) in [6.07, 6.45) is 2.38. The van der Waals surface area contributed by atoms with E-state index in [0.717, 1.165) is 21.7 Å². The van der Waals surface area contributed by atoms with Gasteiger partial charge in [0.25, 0.3) is 0 Å². The van der Waals surface area contributed by atoms with Crippen molar-refractivity contribution >= 4 is 69.0 Å². The third kappa shape index (κ3) is 17.6. The number of aliphatic carboxylic acids is 1. The van der Waals surface area contributed by atoms with Crippen LogP contribution in [-0.2, 0) is 57.6 Å². The lowest BCUT2D eigenvalue weighted by Gasteiger charge is -2.28. The quantitative estimate of drug-likeness (QED) is 0.0309. The van der Waals surface area contributed by atoms with Crippen LogP contribution in [0.1, 0.15) is 89.3 Å². The molecule has 18 nitrogen and oxygen atoms in total. The van der Waals surface area contributed by atoms with E-state index in [9.17, 15) is 43.5 Å². The number of nitrogens with two attached hydrogens (primary N) is 2. The van der Waals surface area contributed by atoms with Gasteiger partial charge in [0, 0.05) is 42.8 Å². The van der Waals surface area contributed by atoms with Gasteiger partial charge in [-0.1, -0.05) is 119 Å². The first-order valence-corrected chi connectivity index (χ1v) is 25.0. The fourth-order valence-electron chi connectivity index (χ4n) is 8.72. The second-order valence-corrected chi connectivity index (χ2v) is 19.4. The number of carbonyl (C=O) groups is 8. The van der Waals surface area contributed by atoms with Crippen LogP contribution in [0.3, 0.4) is 0 Å². The second-order valence-electron chi connectivity index (χ2n) is 19.4. The van der Waals surface area contributed by atoms with E-state index in [-0.39, 0.29) is 56.8 Å². The van der Waals surface area contributed by atoms with E-state index in [0.29, 0.717) is 36.1 Å². The third-order valence-corrected chi connectivity index (χ3v) is 12.5. The number of carboxylic acids is 1. The van der Waals surface area contributed by atoms with Gasteiger partial charge in [-0.15, -0.1) is 0 Å². The highest BCUT2D eigenvalue weighted by Crippen LogP contribution is 2.22. The predicted octanol–water partition coefficient (Wildman–Crippen LogP) is 3.83. The SMILES string of the molecule is CC(C)C[C@H](NC(=O)[C@H](CC(C)C)NC(=O)[C@@H](Cc1c[nH]c2ccccc12)NC(=O)[C@H](Cc1ccccc1)NC(=O)[C@H](Cc1cccc2ccccc12)NC(=O)[C@H](CCCCN)NC(=O)CCC(=O)O)C(N)=O. The summed E-state index contributed by atoms with van der Waals surface area (Å²) < 4.78 is 0. The highest BCUT2D eigenvalue weighted by molar-refractivity contribution is 5.98. The summed E-state index contributed by atoms with van der Waals surface area (Å²) in [7, 11) is 0. The molecule has 390 valence electrons. The molecule has 4 aromatic carbocycles. The normalized spacial score (nSPS) is 13.8. The number of carbonyl (C=O) groups excluding carboxylic acids is 7. The molecule has 7 amide bonds. The molecule has 1 aromatic heterocycles. The van der Waals surface area contributed by atoms with E-state index in [1.807, 2.05) is 94.4 Å². The average Bonchev–Trinajstić information content (AvgIpc) is 3.76. The Morgan fingerprint density at radius 3 is 1.64 bits per heavy atom. The summed E-state index contributed by atoms with van der Waals surface area (Å²) in [5.74, 6) is -6.12. The molecule has 0 aliphatic rings. The molecule has 0 saturated carbocycles. The monoisotopic (exact) mass is 1000 g/mol. The lowest BCUT2D eigenvalue weighted by atomic mass is 9.97. The fourth-order valence-corrected chi connectivity index (χ4v) is 8.72. The average molecular weight is 1000 g/mol. The summed E-state index contributed by atoms with van der Waals surface area (Å²) in [4.78, 5) is 112. The van der Waals surface area contributed by atoms with Crippen LogP contribution in [0.5, 0.6) is 0 Å². The predicted molar refractivity (Wildman–Crippen MR) is 279 cm³/mol. The number of fused-ring (bicyclic) bond motifs is 2. The van der Waals surface area contributed by atoms with Crippen LogP contribution in [0.15, 0.2) is 103 Å². The van der Waals surface area contributed by atoms with Crippen LogP contribution in [-0.4, -0.2) is 100 Å². The Morgan fingerprint density at radius 1 is 0.521 bits per heavy atom. The van der Waals surface area contributed by atoms with Crippen molar-refractivity contribution in [1.82, 2.24) is 36.9 Å². The molecule has 0 fully saturated rings. The van der Waals surface area contributed by atoms with Gasteiger partial charge in [0.2, 0.25) is 41.4 Å². The van der Waals surface area contributed by atoms with Gasteiger partial charge in [-0.2, -0.15) is 0 Å². The Bertz CT molecular complexity index is 2680. The Kier molecular flexibility index (Phi) is 21.5. The molecular weight excluding hydrogens is 931 g/mol. The Hall–Kier alpha value is -7.60. The van der Waals surface area contributed by atoms with Crippen LogP contribution >= 0.6 is 0 Å². The van der Waals surface area contributed by atoms with E-state index >= 15 is 0 Å². The molecule has 12 N–H and O–H groups in total. The van der Waals surface area contributed by atoms with Crippen molar-refractivity contribution in [3.8, 4) is 0 Å². The summed E-state index contributed by atoms with van der Waals surface area (Å²) in [5, 5.41) is 28.5. The van der Waals surface area contributed by atoms with Crippen molar-refractivity contribution in [3.63, 3.8) is 0 Å². The van der Waals surface area contributed by atoms with E-state index < -0.39 is 90.0 Å². The van der Waals surface area contributed by atoms with Crippen LogP contribution in [0, 0.1) is 11.8 Å². The first-order chi connectivity index (χ1) is 34.9. The molecule has 0 aliphatic heterocycles. The van der Waals surface area contributed by atoms with Gasteiger partial charge < -0.3 is 53.5 Å². The number of H-pyrrole nitrogens is 1. The molecule has 18 heteroatoms. The number of unbranched alkanes of at least 4 members (excludes halogenated alkanes) is 1. The number of benzene rings is 4. The maximum absolute atomic E-state index is 14.9. The van der Waals surface area contributed by atoms with Gasteiger partial charge in [-0.25, -0.2) is 0 Å². The Balaban J connectivity index is 1.51. The molecule has 5 aromatic rings. The van der Waals surface area contributed by atoms with Crippen molar-refractivity contribution in [2.45, 2.75) is 128 Å². The van der Waals surface area contributed by atoms with Gasteiger partial charge in [0.15, 0.2) is 0 Å². The van der Waals surface area contributed by atoms with Gasteiger partial charge in [-0.3, -0.25) is 38.4 Å². The number of aromatic amines is 1. The number of hydrogen-bond acceptors (Lipinski definition) is 9. The van der Waals surface area contributed by atoms with Crippen LogP contribution in [0.25, 0.3) is 21.7 Å². The van der Waals surface area contributed by atoms with Crippen molar-refractivity contribution in [2.24, 2.45) is 23.3 Å². The highest BCUT2D eigenvalue weighted by atomic mass is 16.4. The maximum atomic E-state index is 14.9. The number of hydrogen-bond donors (Lipinski definition) is 10. The topological polar surface area (TPSA) is 297 Å². The number of carboxylic acid groups (broad SMARTS) is 1. The minimum absolute atomic E-state index is 0.0220. The summed E-state index contributed by atoms with van der Waals surface area (Å²) in [6.45, 7) is 7.86. The molecule has 0 bridgehead atoms. The molecule has 0 spiro atoms. The molecule has 0 radical (unpaired) electrons. The molecule has 0 saturated heterocycles. The molecule has 1 heterocycles. The first-order valence-electron chi connectivity index (χ1n) is 25.0. The molecule has 0 unspecified atom stereocenters. The number of para-hydroxylation sites is 1. The zero-order valence-electron chi connectivity index (χ0n) is 42.1. The van der Waals surface area contributed by atoms with Gasteiger partial charge in [0.05, 0.1) is 6.42 Å². The van der Waals surface area contributed by atoms with E-state index in [2.05, 4.69) is 36.9 Å². The van der Waals surface area contributed by atoms with Crippen LogP contribution in [0.2, 0.25) is 0 Å². The van der Waals surface area contributed by atoms with Crippen molar-refractivity contribution in [2.75, 3.05) is 6.54 Å². The van der Waals surface area contributed by atoms with Crippen molar-refractivity contribution in [1.29, 1.82) is 0 Å². The second kappa shape index (κ2) is 27.9. The summed E-state index contributed by atoms with van der Waals surface area (Å²) in [6, 6.07) is 22.3. The van der Waals surface area contributed by atoms with Crippen molar-refractivity contribution in [3.05, 3.63) is 120 Å². The lowest BCUT2D eigenvalue weighted by Crippen LogP contribution is -2.60. The smallest absolute Gasteiger partial charge is 0.303 e. The molecule has 0 aliphatic carbocycles. The fraction of sp³-hybridized carbons (Fsp3) is 0.418. The zero-order valence-corrected chi connectivity index (χ0v) is 42.1. The van der Waals surface area contributed by atoms with Crippen LogP contribution < -0.4 is 43.4 Å². The molecular formula is C55H71N9O9. The largest absolute Gasteiger partial charge is 0.481 e. The first kappa shape index (κ1) is 56.3. The Labute approximate surface area is 425 Å². The number of aromatic nitrogens is 1. The number of rotatable bonds is 29. The number of primary amides is 1. The van der Waals surface area contributed by atoms with E-state index in [4.69, 9.17) is 11.5 Å². The molecule has 5 rings (SSSR count). The van der Waals surface area contributed by atoms with Gasteiger partial charge in [0.1, 0.15) is 36.3 Å². The number of nitrogens with one attached hydrogen (secondary N) is 7. The minimum Gasteiger partial charge on any atom is -0.481 e. The number of amides is 7. The third-order valence-electron chi connectivity index (χ3n) is 12.5. The van der Waals surface area contributed by atoms with Crippen molar-refractivity contribution < 1.29 is 43.5 Å². The maximum Gasteiger partial charge on any atom is 0.303 e. The minimum atomic E-state index is -1.33. The standard InChI is InChI=1S/C55H71N9O9/c1-33(2)27-43(50(57)68)60-52(70)44(28-34(3)4)61-55(73)47(31-38-32-58-41-22-11-10-21-40(38)41)64-53(71)45(29-35-15-6-5-7-16-35)62-54(72)46(30-37-19-14-18-36-17-8-9-20-39(36)37)63-51(69)42(23-12-13-26-56)59-48(65)24-25-49(66)67/h5-11,14-22,32-34,42-47,58H,12-13,23-31,56H2,1-4H3,(H2,57,68)(H,59,65)(H,60,70)(H,61,73)(H,62,72)(H,63,69)(H,64,71)(H,66,67)/t42-,43-,44-,45-,46-,47+/m0/s1. The lowest BCUT2D eigenvalue weighted by molar-refractivity contribution is -0.139. The van der Waals surface area contributed by atoms with E-state index in [1.54, 1.807) is 36.5 Å². The molecule has 73 heavy (non-hydrogen) atoms. The summed E-state index contributed by atoms with van der Waals surface area (Å²) >= 11 is 0. The Morgan fingerprint density at radius 2 is 1.03 bits per heavy atom. The zero-order chi connectivity index (χ0) is 53.0. The summed E-state index contributed by atoms with van der Waals surface area (Å²) in [5.41, 5.74) is 14.3. The van der Waals surface area contributed by atoms with Crippen LogP contribution in [0.4, 0.5) is 0 Å². The highest BCUT2D eigenvalue weighted by Gasteiger charge is 2.34. The van der Waals surface area contributed by atoms with E-state index in [1.165, 1.54) is 0 Å². The molecule has 6 atom stereocenters. The van der Waals surface area contributed by atoms with Gasteiger partial charge >= 0.3 is 5.97 Å².